The maximum atomic E-state index is 17.5. The Hall–Kier alpha value is -4.43. The van der Waals surface area contributed by atoms with E-state index >= 15 is 4.79 Å². The van der Waals surface area contributed by atoms with E-state index in [4.69, 9.17) is 26.1 Å². The van der Waals surface area contributed by atoms with Gasteiger partial charge in [0.15, 0.2) is 5.78 Å². The minimum absolute atomic E-state index is 0.0183. The van der Waals surface area contributed by atoms with Gasteiger partial charge in [-0.05, 0) is 146 Å². The third kappa shape index (κ3) is 8.70. The van der Waals surface area contributed by atoms with Gasteiger partial charge in [0.25, 0.3) is 0 Å². The minimum atomic E-state index is -0.753. The summed E-state index contributed by atoms with van der Waals surface area (Å²) < 4.78 is 15.3. The van der Waals surface area contributed by atoms with Crippen molar-refractivity contribution < 1.29 is 14.3 Å². The highest BCUT2D eigenvalue weighted by Gasteiger charge is 2.77. The zero-order chi connectivity index (χ0) is 49.9. The Labute approximate surface area is 428 Å². The number of carbonyl (C=O) groups excluding carboxylic acids is 1. The van der Waals surface area contributed by atoms with Crippen LogP contribution in [0.2, 0.25) is 5.02 Å². The Morgan fingerprint density at radius 1 is 0.887 bits per heavy atom. The van der Waals surface area contributed by atoms with Gasteiger partial charge in [-0.25, -0.2) is 4.98 Å². The molecule has 5 fully saturated rings. The second kappa shape index (κ2) is 20.1. The number of nitrogens with zero attached hydrogens (tertiary/aromatic N) is 6. The molecule has 5 aromatic rings. The lowest BCUT2D eigenvalue weighted by Gasteiger charge is -2.57. The number of ether oxygens (including phenoxy) is 2. The van der Waals surface area contributed by atoms with Crippen molar-refractivity contribution in [1.82, 2.24) is 39.8 Å². The first kappa shape index (κ1) is 50.1. The van der Waals surface area contributed by atoms with Crippen LogP contribution in [0.25, 0.3) is 11.3 Å². The van der Waals surface area contributed by atoms with Gasteiger partial charge in [0.2, 0.25) is 0 Å². The molecule has 4 saturated heterocycles. The van der Waals surface area contributed by atoms with Crippen molar-refractivity contribution in [3.8, 4) is 22.8 Å². The van der Waals surface area contributed by atoms with Crippen LogP contribution in [0.4, 0.5) is 0 Å². The Morgan fingerprint density at radius 2 is 1.62 bits per heavy atom. The number of benzene rings is 4. The molecule has 0 radical (unpaired) electrons. The first-order valence-corrected chi connectivity index (χ1v) is 26.6. The Balaban J connectivity index is 1.09. The van der Waals surface area contributed by atoms with Crippen LogP contribution in [-0.2, 0) is 42.5 Å². The maximum absolute atomic E-state index is 17.5. The quantitative estimate of drug-likeness (QED) is 0.113. The number of imidazole rings is 1. The lowest BCUT2D eigenvalue weighted by molar-refractivity contribution is -0.154. The fourth-order valence-electron chi connectivity index (χ4n) is 14.8. The summed E-state index contributed by atoms with van der Waals surface area (Å²) in [5.41, 5.74) is 5.59. The van der Waals surface area contributed by atoms with Crippen molar-refractivity contribution in [1.29, 1.82) is 0 Å². The maximum Gasteiger partial charge on any atom is 0.153 e. The number of likely N-dealkylation sites (tertiary alicyclic amines) is 2. The smallest absolute Gasteiger partial charge is 0.153 e. The molecule has 71 heavy (non-hydrogen) atoms. The van der Waals surface area contributed by atoms with Crippen molar-refractivity contribution in [2.75, 3.05) is 48.5 Å². The summed E-state index contributed by atoms with van der Waals surface area (Å²) in [4.78, 5) is 32.4. The number of hydrogen-bond acceptors (Lipinski definition) is 10. The molecule has 4 aliphatic heterocycles. The number of piperidine rings is 1. The zero-order valence-electron chi connectivity index (χ0n) is 43.7. The lowest BCUT2D eigenvalue weighted by atomic mass is 9.54. The monoisotopic (exact) mass is 981 g/mol. The molecule has 5 aliphatic rings. The van der Waals surface area contributed by atoms with Gasteiger partial charge >= 0.3 is 0 Å². The summed E-state index contributed by atoms with van der Waals surface area (Å²) in [6.45, 7) is 12.0. The van der Waals surface area contributed by atoms with Crippen LogP contribution in [0.15, 0.2) is 103 Å². The van der Waals surface area contributed by atoms with E-state index in [1.807, 2.05) is 25.4 Å². The fraction of sp³-hybridized carbons (Fsp3) is 0.525. The molecule has 10 rings (SSSR count). The van der Waals surface area contributed by atoms with E-state index in [2.05, 4.69) is 183 Å². The third-order valence-corrected chi connectivity index (χ3v) is 18.4. The number of ketones is 1. The van der Waals surface area contributed by atoms with Gasteiger partial charge in [-0.3, -0.25) is 19.5 Å². The first-order valence-electron chi connectivity index (χ1n) is 26.2. The molecule has 5 heterocycles. The zero-order valence-corrected chi connectivity index (χ0v) is 44.5. The van der Waals surface area contributed by atoms with Gasteiger partial charge in [0.1, 0.15) is 17.3 Å². The average molecular weight is 982 g/mol. The van der Waals surface area contributed by atoms with Gasteiger partial charge in [0.05, 0.1) is 35.9 Å². The van der Waals surface area contributed by atoms with Crippen molar-refractivity contribution in [3.05, 3.63) is 136 Å². The highest BCUT2D eigenvalue weighted by molar-refractivity contribution is 6.30. The third-order valence-electron chi connectivity index (χ3n) is 18.1. The fourth-order valence-corrected chi connectivity index (χ4v) is 15.0. The molecule has 378 valence electrons. The molecule has 11 nitrogen and oxygen atoms in total. The first-order chi connectivity index (χ1) is 34.2. The standard InChI is InChI=1S/C59H77ClN8O3/c1-11-58-52-30-44(28-40-15-13-12-14-16-40)55(58)65(7)38(3)32-61-51-31-46(29-41-18-23-45(60)24-19-41)66(8)56-48(36-70-10)63-54(59(51,56)57(58)69)39(4)68(52)34-43-20-17-37(2)27-50(43)71-47-25-21-42(22-26-47)49-33-62-53(67(49)9)35-64(5)6/h12-27,33,38-39,44,46,48,51-52,54-56,61,63H,11,28-32,34-36H2,1-10H3/t38-,39-,44+,46-,48+,51?,52?,54?,55?,56?,58?,59?/m0/s1. The predicted molar refractivity (Wildman–Crippen MR) is 285 cm³/mol. The topological polar surface area (TPSA) is 90.4 Å². The van der Waals surface area contributed by atoms with Crippen molar-refractivity contribution in [3.63, 3.8) is 0 Å². The number of aromatic nitrogens is 2. The second-order valence-electron chi connectivity index (χ2n) is 22.3. The van der Waals surface area contributed by atoms with E-state index in [1.54, 1.807) is 0 Å². The summed E-state index contributed by atoms with van der Waals surface area (Å²) in [6, 6.07) is 34.5. The van der Waals surface area contributed by atoms with Gasteiger partial charge in [-0.1, -0.05) is 73.1 Å². The molecule has 1 aliphatic carbocycles. The Morgan fingerprint density at radius 3 is 2.32 bits per heavy atom. The summed E-state index contributed by atoms with van der Waals surface area (Å²) in [6.07, 6.45) is 6.30. The van der Waals surface area contributed by atoms with Crippen LogP contribution in [0.1, 0.15) is 68.1 Å². The van der Waals surface area contributed by atoms with E-state index in [0.29, 0.717) is 18.9 Å². The van der Waals surface area contributed by atoms with Crippen LogP contribution in [0.5, 0.6) is 11.5 Å². The normalized spacial score (nSPS) is 32.1. The van der Waals surface area contributed by atoms with Crippen LogP contribution in [0, 0.1) is 23.7 Å². The number of nitrogens with one attached hydrogen (secondary N) is 2. The molecule has 1 saturated carbocycles. The number of hydrogen-bond donors (Lipinski definition) is 2. The van der Waals surface area contributed by atoms with Gasteiger partial charge in [-0.2, -0.15) is 0 Å². The van der Waals surface area contributed by atoms with Gasteiger partial charge < -0.3 is 29.6 Å². The van der Waals surface area contributed by atoms with E-state index in [-0.39, 0.29) is 60.3 Å². The molecular formula is C59H77ClN8O3. The molecule has 0 amide bonds. The average Bonchev–Trinajstić information content (AvgIpc) is 4.00. The van der Waals surface area contributed by atoms with E-state index in [0.717, 1.165) is 89.9 Å². The van der Waals surface area contributed by atoms with E-state index < -0.39 is 10.8 Å². The molecule has 2 N–H and O–H groups in total. The summed E-state index contributed by atoms with van der Waals surface area (Å²) >= 11 is 6.42. The van der Waals surface area contributed by atoms with Gasteiger partial charge in [0, 0.05) is 97.8 Å². The molecule has 12 atom stereocenters. The van der Waals surface area contributed by atoms with Crippen molar-refractivity contribution in [2.45, 2.75) is 127 Å². The number of likely N-dealkylation sites (N-methyl/N-ethyl adjacent to an activating group) is 2. The van der Waals surface area contributed by atoms with Gasteiger partial charge in [-0.15, -0.1) is 0 Å². The molecule has 1 spiro atoms. The van der Waals surface area contributed by atoms with E-state index in [9.17, 15) is 0 Å². The Kier molecular flexibility index (Phi) is 14.2. The number of halogens is 1. The highest BCUT2D eigenvalue weighted by Crippen LogP contribution is 2.63. The molecular weight excluding hydrogens is 904 g/mol. The van der Waals surface area contributed by atoms with Crippen molar-refractivity contribution in [2.24, 2.45) is 23.8 Å². The number of rotatable bonds is 14. The Bertz CT molecular complexity index is 2660. The number of methoxy groups -OCH3 is 1. The summed E-state index contributed by atoms with van der Waals surface area (Å²) in [5, 5.41) is 9.26. The summed E-state index contributed by atoms with van der Waals surface area (Å²) in [7, 11) is 12.7. The minimum Gasteiger partial charge on any atom is -0.457 e. The molecule has 4 aromatic carbocycles. The van der Waals surface area contributed by atoms with Crippen molar-refractivity contribution >= 4 is 17.4 Å². The molecule has 2 bridgehead atoms. The largest absolute Gasteiger partial charge is 0.457 e. The SMILES string of the molecule is CCC12C(=O)C34C5C[C@H](Cc6ccc(Cl)cc6)N(C)C3[C@@H](COC)NC4[C@H](C)N(Cc3ccc(C)cc3Oc3ccc(-c4cnc(CN(C)C)n4C)cc3)C1C[C@@H](Cc1ccccc1)C2N(C)[C@@H](C)CN5. The number of aryl methyl sites for hydroxylation is 1. The van der Waals surface area contributed by atoms with Crippen LogP contribution >= 0.6 is 11.6 Å². The van der Waals surface area contributed by atoms with Crippen LogP contribution in [-0.4, -0.2) is 138 Å². The highest BCUT2D eigenvalue weighted by atomic mass is 35.5. The molecule has 1 aromatic heterocycles. The van der Waals surface area contributed by atoms with Crippen LogP contribution in [0.3, 0.4) is 0 Å². The predicted octanol–water partition coefficient (Wildman–Crippen LogP) is 8.65. The van der Waals surface area contributed by atoms with E-state index in [1.165, 1.54) is 11.1 Å². The van der Waals surface area contributed by atoms with Crippen LogP contribution < -0.4 is 15.4 Å². The molecule has 12 heteroatoms. The molecule has 7 unspecified atom stereocenters. The number of carbonyl (C=O) groups is 1. The lowest BCUT2D eigenvalue weighted by Crippen LogP contribution is -2.73. The summed E-state index contributed by atoms with van der Waals surface area (Å²) in [5.74, 6) is 3.36. The second-order valence-corrected chi connectivity index (χ2v) is 22.8. The number of Topliss-reactive ketones (excluding diaryl/α,β-unsaturated/α-hetero) is 1.